The summed E-state index contributed by atoms with van der Waals surface area (Å²) in [7, 11) is 4.04. The summed E-state index contributed by atoms with van der Waals surface area (Å²) in [5.74, 6) is 4.21. The summed E-state index contributed by atoms with van der Waals surface area (Å²) in [5.41, 5.74) is 1.09. The number of rotatable bonds is 11. The Kier molecular flexibility index (Phi) is 9.30. The first-order valence-electron chi connectivity index (χ1n) is 8.88. The predicted octanol–water partition coefficient (Wildman–Crippen LogP) is 1.95. The number of aromatic amines is 1. The first kappa shape index (κ1) is 20.9. The smallest absolute Gasteiger partial charge is 0.204 e. The quantitative estimate of drug-likeness (QED) is 0.177. The van der Waals surface area contributed by atoms with Crippen molar-refractivity contribution in [1.82, 2.24) is 25.5 Å². The molecule has 0 aliphatic heterocycles. The molecule has 9 heteroatoms. The molecule has 146 valence electrons. The molecule has 3 N–H and O–H groups in total. The SMILES string of the molecule is CN(C)Cc1ccc(CSCCNC(=NCCCc2cnc[nH]2)NC#N)o1. The molecule has 0 aliphatic carbocycles. The molecule has 0 saturated carbocycles. The summed E-state index contributed by atoms with van der Waals surface area (Å²) in [4.78, 5) is 13.5. The second-order valence-corrected chi connectivity index (χ2v) is 7.34. The van der Waals surface area contributed by atoms with Crippen LogP contribution in [0.4, 0.5) is 0 Å². The Balaban J connectivity index is 1.61. The fraction of sp³-hybridized carbons (Fsp3) is 0.500. The molecule has 0 aromatic carbocycles. The number of aryl methyl sites for hydroxylation is 1. The van der Waals surface area contributed by atoms with Crippen LogP contribution in [0.5, 0.6) is 0 Å². The average Bonchev–Trinajstić information content (AvgIpc) is 3.30. The van der Waals surface area contributed by atoms with Gasteiger partial charge in [0.15, 0.2) is 6.19 Å². The van der Waals surface area contributed by atoms with Gasteiger partial charge in [-0.05, 0) is 39.1 Å². The number of nitrogens with one attached hydrogen (secondary N) is 3. The molecule has 27 heavy (non-hydrogen) atoms. The molecule has 0 amide bonds. The molecule has 2 heterocycles. The van der Waals surface area contributed by atoms with Gasteiger partial charge >= 0.3 is 0 Å². The average molecular weight is 390 g/mol. The Labute approximate surface area is 164 Å². The second-order valence-electron chi connectivity index (χ2n) is 6.23. The minimum absolute atomic E-state index is 0.522. The largest absolute Gasteiger partial charge is 0.464 e. The minimum atomic E-state index is 0.522. The standard InChI is InChI=1S/C18H27N7OS/c1-25(2)11-16-5-6-17(26-16)12-27-9-8-22-18(23-13-19)21-7-3-4-15-10-20-14-24-15/h5-6,10,14H,3-4,7-9,11-12H2,1-2H3,(H,20,24)(H2,21,22,23). The van der Waals surface area contributed by atoms with Crippen LogP contribution in [0.3, 0.4) is 0 Å². The highest BCUT2D eigenvalue weighted by Gasteiger charge is 2.04. The number of thioether (sulfide) groups is 1. The van der Waals surface area contributed by atoms with Crippen molar-refractivity contribution < 1.29 is 4.42 Å². The van der Waals surface area contributed by atoms with E-state index in [1.165, 1.54) is 0 Å². The minimum Gasteiger partial charge on any atom is -0.464 e. The fourth-order valence-corrected chi connectivity index (χ4v) is 3.13. The van der Waals surface area contributed by atoms with Crippen LogP contribution in [-0.2, 0) is 18.7 Å². The molecule has 0 fully saturated rings. The molecule has 2 rings (SSSR count). The van der Waals surface area contributed by atoms with E-state index in [1.54, 1.807) is 18.1 Å². The summed E-state index contributed by atoms with van der Waals surface area (Å²) < 4.78 is 5.79. The van der Waals surface area contributed by atoms with Crippen molar-refractivity contribution in [2.45, 2.75) is 25.1 Å². The van der Waals surface area contributed by atoms with Gasteiger partial charge in [0.05, 0.1) is 18.6 Å². The van der Waals surface area contributed by atoms with Crippen LogP contribution in [0.2, 0.25) is 0 Å². The van der Waals surface area contributed by atoms with Gasteiger partial charge in [-0.2, -0.15) is 17.0 Å². The molecule has 0 unspecified atom stereocenters. The Morgan fingerprint density at radius 1 is 1.41 bits per heavy atom. The normalized spacial score (nSPS) is 11.6. The molecule has 0 bridgehead atoms. The number of furan rings is 1. The second kappa shape index (κ2) is 12.0. The summed E-state index contributed by atoms with van der Waals surface area (Å²) in [6.07, 6.45) is 7.19. The van der Waals surface area contributed by atoms with E-state index in [0.29, 0.717) is 12.5 Å². The summed E-state index contributed by atoms with van der Waals surface area (Å²) in [6.45, 7) is 2.18. The summed E-state index contributed by atoms with van der Waals surface area (Å²) in [5, 5.41) is 14.6. The van der Waals surface area contributed by atoms with Gasteiger partial charge < -0.3 is 19.6 Å². The zero-order valence-corrected chi connectivity index (χ0v) is 16.7. The van der Waals surface area contributed by atoms with Crippen molar-refractivity contribution in [3.05, 3.63) is 41.9 Å². The first-order valence-corrected chi connectivity index (χ1v) is 10.0. The fourth-order valence-electron chi connectivity index (χ4n) is 2.39. The monoisotopic (exact) mass is 389 g/mol. The molecule has 0 radical (unpaired) electrons. The molecular formula is C18H27N7OS. The maximum atomic E-state index is 8.84. The molecule has 0 saturated heterocycles. The maximum absolute atomic E-state index is 8.84. The van der Waals surface area contributed by atoms with E-state index in [1.807, 2.05) is 38.6 Å². The number of guanidine groups is 1. The molecule has 0 spiro atoms. The van der Waals surface area contributed by atoms with Crippen LogP contribution < -0.4 is 10.6 Å². The Bertz CT molecular complexity index is 718. The van der Waals surface area contributed by atoms with Crippen LogP contribution in [0.25, 0.3) is 0 Å². The van der Waals surface area contributed by atoms with Crippen molar-refractivity contribution in [3.8, 4) is 6.19 Å². The Morgan fingerprint density at radius 3 is 3.00 bits per heavy atom. The molecule has 2 aromatic rings. The molecule has 2 aromatic heterocycles. The molecular weight excluding hydrogens is 362 g/mol. The van der Waals surface area contributed by atoms with Crippen LogP contribution >= 0.6 is 11.8 Å². The number of H-pyrrole nitrogens is 1. The van der Waals surface area contributed by atoms with E-state index in [-0.39, 0.29) is 0 Å². The van der Waals surface area contributed by atoms with E-state index >= 15 is 0 Å². The Hall–Kier alpha value is -2.44. The number of nitriles is 1. The third kappa shape index (κ3) is 8.66. The molecule has 0 aliphatic rings. The zero-order chi connectivity index (χ0) is 19.3. The maximum Gasteiger partial charge on any atom is 0.204 e. The topological polar surface area (TPSA) is 105 Å². The van der Waals surface area contributed by atoms with Crippen molar-refractivity contribution in [2.75, 3.05) is 32.9 Å². The van der Waals surface area contributed by atoms with Crippen molar-refractivity contribution in [1.29, 1.82) is 5.26 Å². The third-order valence-corrected chi connectivity index (χ3v) is 4.56. The lowest BCUT2D eigenvalue weighted by Crippen LogP contribution is -2.36. The van der Waals surface area contributed by atoms with Crippen LogP contribution in [0.1, 0.15) is 23.6 Å². The lowest BCUT2D eigenvalue weighted by Gasteiger charge is -2.08. The highest BCUT2D eigenvalue weighted by Crippen LogP contribution is 2.15. The van der Waals surface area contributed by atoms with Crippen molar-refractivity contribution in [2.24, 2.45) is 4.99 Å². The van der Waals surface area contributed by atoms with Crippen LogP contribution in [0, 0.1) is 11.5 Å². The molecule has 8 nitrogen and oxygen atoms in total. The number of aromatic nitrogens is 2. The van der Waals surface area contributed by atoms with Gasteiger partial charge in [-0.1, -0.05) is 0 Å². The van der Waals surface area contributed by atoms with Crippen molar-refractivity contribution in [3.63, 3.8) is 0 Å². The van der Waals surface area contributed by atoms with Crippen LogP contribution in [0.15, 0.2) is 34.1 Å². The number of nitrogens with zero attached hydrogens (tertiary/aromatic N) is 4. The third-order valence-electron chi connectivity index (χ3n) is 3.58. The van der Waals surface area contributed by atoms with Crippen molar-refractivity contribution >= 4 is 17.7 Å². The lowest BCUT2D eigenvalue weighted by molar-refractivity contribution is 0.344. The van der Waals surface area contributed by atoms with Gasteiger partial charge in [0.25, 0.3) is 0 Å². The first-order chi connectivity index (χ1) is 13.2. The van der Waals surface area contributed by atoms with E-state index in [4.69, 9.17) is 9.68 Å². The van der Waals surface area contributed by atoms with Gasteiger partial charge in [-0.25, -0.2) is 4.98 Å². The van der Waals surface area contributed by atoms with E-state index < -0.39 is 0 Å². The van der Waals surface area contributed by atoms with E-state index in [9.17, 15) is 0 Å². The Morgan fingerprint density at radius 2 is 2.26 bits per heavy atom. The van der Waals surface area contributed by atoms with E-state index in [0.717, 1.165) is 54.7 Å². The van der Waals surface area contributed by atoms with Gasteiger partial charge in [0, 0.05) is 30.7 Å². The summed E-state index contributed by atoms with van der Waals surface area (Å²) in [6, 6.07) is 4.06. The number of hydrogen-bond acceptors (Lipinski definition) is 6. The van der Waals surface area contributed by atoms with Gasteiger partial charge in [0.1, 0.15) is 11.5 Å². The summed E-state index contributed by atoms with van der Waals surface area (Å²) >= 11 is 1.78. The number of aliphatic imine (C=N–C) groups is 1. The number of hydrogen-bond donors (Lipinski definition) is 3. The lowest BCUT2D eigenvalue weighted by atomic mass is 10.2. The highest BCUT2D eigenvalue weighted by molar-refractivity contribution is 7.98. The highest BCUT2D eigenvalue weighted by atomic mass is 32.2. The molecule has 0 atom stereocenters. The van der Waals surface area contributed by atoms with E-state index in [2.05, 4.69) is 30.5 Å². The predicted molar refractivity (Wildman–Crippen MR) is 108 cm³/mol. The zero-order valence-electron chi connectivity index (χ0n) is 15.9. The van der Waals surface area contributed by atoms with Gasteiger partial charge in [-0.3, -0.25) is 10.3 Å². The van der Waals surface area contributed by atoms with Gasteiger partial charge in [-0.15, -0.1) is 0 Å². The van der Waals surface area contributed by atoms with Gasteiger partial charge in [0.2, 0.25) is 5.96 Å². The van der Waals surface area contributed by atoms with Crippen LogP contribution in [-0.4, -0.2) is 53.8 Å². The number of imidazole rings is 1.